The van der Waals surface area contributed by atoms with Crippen molar-refractivity contribution in [3.05, 3.63) is 35.9 Å². The number of hydrogen-bond acceptors (Lipinski definition) is 1. The number of benzene rings is 1. The molecule has 1 aliphatic rings. The summed E-state index contributed by atoms with van der Waals surface area (Å²) >= 11 is 0. The van der Waals surface area contributed by atoms with E-state index in [1.54, 1.807) is 0 Å². The van der Waals surface area contributed by atoms with E-state index in [1.165, 1.54) is 12.0 Å². The van der Waals surface area contributed by atoms with Crippen LogP contribution in [0.4, 0.5) is 0 Å². The maximum absolute atomic E-state index is 4.29. The van der Waals surface area contributed by atoms with Crippen LogP contribution in [0.5, 0.6) is 0 Å². The molecule has 0 bridgehead atoms. The third-order valence-electron chi connectivity index (χ3n) is 3.70. The van der Waals surface area contributed by atoms with Crippen molar-refractivity contribution in [3.63, 3.8) is 0 Å². The topological polar surface area (TPSA) is 36.4 Å². The smallest absolute Gasteiger partial charge is 0.191 e. The van der Waals surface area contributed by atoms with Gasteiger partial charge in [0.15, 0.2) is 5.96 Å². The normalized spacial score (nSPS) is 22.1. The number of nitrogens with one attached hydrogen (secondary N) is 2. The van der Waals surface area contributed by atoms with Gasteiger partial charge in [0.25, 0.3) is 0 Å². The maximum Gasteiger partial charge on any atom is 0.191 e. The molecule has 1 fully saturated rings. The van der Waals surface area contributed by atoms with Crippen molar-refractivity contribution in [1.82, 2.24) is 10.6 Å². The minimum Gasteiger partial charge on any atom is -0.353 e. The summed E-state index contributed by atoms with van der Waals surface area (Å²) in [6.07, 6.45) is 1.22. The molecule has 106 valence electrons. The fraction of sp³-hybridized carbons (Fsp3) is 0.533. The Morgan fingerprint density at radius 3 is 2.37 bits per heavy atom. The molecule has 4 heteroatoms. The molecule has 0 heterocycles. The monoisotopic (exact) mass is 373 g/mol. The summed E-state index contributed by atoms with van der Waals surface area (Å²) in [6.45, 7) is 6.71. The Bertz CT molecular complexity index is 428. The molecule has 2 N–H and O–H groups in total. The minimum absolute atomic E-state index is 0. The van der Waals surface area contributed by atoms with E-state index in [0.717, 1.165) is 5.96 Å². The summed E-state index contributed by atoms with van der Waals surface area (Å²) in [4.78, 5) is 4.29. The van der Waals surface area contributed by atoms with E-state index in [9.17, 15) is 0 Å². The van der Waals surface area contributed by atoms with Crippen molar-refractivity contribution in [2.45, 2.75) is 39.3 Å². The molecule has 2 unspecified atom stereocenters. The van der Waals surface area contributed by atoms with E-state index in [2.05, 4.69) is 60.7 Å². The van der Waals surface area contributed by atoms with Gasteiger partial charge in [0, 0.05) is 13.1 Å². The Morgan fingerprint density at radius 2 is 1.89 bits per heavy atom. The van der Waals surface area contributed by atoms with Crippen molar-refractivity contribution < 1.29 is 0 Å². The Morgan fingerprint density at radius 1 is 1.32 bits per heavy atom. The standard InChI is InChI=1S/C15H23N3.HI/c1-11(12-8-6-5-7-9-12)17-14(16-4)18-13-10-15(13,2)3;/h5-9,11,13H,10H2,1-4H3,(H2,16,17,18);1H. The van der Waals surface area contributed by atoms with Gasteiger partial charge in [-0.3, -0.25) is 4.99 Å². The molecule has 19 heavy (non-hydrogen) atoms. The van der Waals surface area contributed by atoms with Crippen LogP contribution in [0.1, 0.15) is 38.8 Å². The molecule has 0 aliphatic heterocycles. The van der Waals surface area contributed by atoms with Crippen LogP contribution in [0.2, 0.25) is 0 Å². The molecule has 2 rings (SSSR count). The van der Waals surface area contributed by atoms with E-state index in [4.69, 9.17) is 0 Å². The lowest BCUT2D eigenvalue weighted by atomic mass is 10.1. The first-order valence-corrected chi connectivity index (χ1v) is 6.58. The molecular weight excluding hydrogens is 349 g/mol. The summed E-state index contributed by atoms with van der Waals surface area (Å²) in [6, 6.07) is 11.2. The van der Waals surface area contributed by atoms with Crippen LogP contribution < -0.4 is 10.6 Å². The molecule has 3 nitrogen and oxygen atoms in total. The number of guanidine groups is 1. The van der Waals surface area contributed by atoms with Gasteiger partial charge in [0.2, 0.25) is 0 Å². The second-order valence-corrected chi connectivity index (χ2v) is 5.74. The lowest BCUT2D eigenvalue weighted by Crippen LogP contribution is -2.41. The number of nitrogens with zero attached hydrogens (tertiary/aromatic N) is 1. The van der Waals surface area contributed by atoms with E-state index < -0.39 is 0 Å². The Kier molecular flexibility index (Phi) is 5.64. The number of rotatable bonds is 3. The number of halogens is 1. The first kappa shape index (κ1) is 16.3. The second-order valence-electron chi connectivity index (χ2n) is 5.74. The van der Waals surface area contributed by atoms with Crippen molar-refractivity contribution in [3.8, 4) is 0 Å². The SMILES string of the molecule is CN=C(NC(C)c1ccccc1)NC1CC1(C)C.I. The molecule has 1 aromatic rings. The van der Waals surface area contributed by atoms with E-state index in [-0.39, 0.29) is 30.0 Å². The second kappa shape index (κ2) is 6.59. The van der Waals surface area contributed by atoms with E-state index in [1.807, 2.05) is 13.1 Å². The summed E-state index contributed by atoms with van der Waals surface area (Å²) in [5, 5.41) is 6.90. The lowest BCUT2D eigenvalue weighted by molar-refractivity contribution is 0.582. The molecule has 0 spiro atoms. The zero-order chi connectivity index (χ0) is 13.2. The van der Waals surface area contributed by atoms with E-state index in [0.29, 0.717) is 11.5 Å². The molecule has 1 aliphatic carbocycles. The molecule has 0 aromatic heterocycles. The quantitative estimate of drug-likeness (QED) is 0.485. The highest BCUT2D eigenvalue weighted by Crippen LogP contribution is 2.44. The first-order chi connectivity index (χ1) is 8.53. The molecule has 0 amide bonds. The first-order valence-electron chi connectivity index (χ1n) is 6.58. The van der Waals surface area contributed by atoms with Gasteiger partial charge in [-0.25, -0.2) is 0 Å². The van der Waals surface area contributed by atoms with E-state index >= 15 is 0 Å². The third kappa shape index (κ3) is 4.37. The number of aliphatic imine (C=N–C) groups is 1. The average Bonchev–Trinajstić information content (AvgIpc) is 2.96. The van der Waals surface area contributed by atoms with Crippen LogP contribution in [0.15, 0.2) is 35.3 Å². The van der Waals surface area contributed by atoms with Gasteiger partial charge >= 0.3 is 0 Å². The van der Waals surface area contributed by atoms with Gasteiger partial charge in [0.05, 0.1) is 6.04 Å². The van der Waals surface area contributed by atoms with Crippen LogP contribution in [0, 0.1) is 5.41 Å². The van der Waals surface area contributed by atoms with Crippen molar-refractivity contribution in [2.75, 3.05) is 7.05 Å². The summed E-state index contributed by atoms with van der Waals surface area (Å²) in [7, 11) is 1.82. The third-order valence-corrected chi connectivity index (χ3v) is 3.70. The summed E-state index contributed by atoms with van der Waals surface area (Å²) < 4.78 is 0. The van der Waals surface area contributed by atoms with Crippen LogP contribution in [-0.2, 0) is 0 Å². The van der Waals surface area contributed by atoms with Crippen molar-refractivity contribution >= 4 is 29.9 Å². The van der Waals surface area contributed by atoms with Crippen LogP contribution in [0.3, 0.4) is 0 Å². The fourth-order valence-electron chi connectivity index (χ4n) is 2.08. The van der Waals surface area contributed by atoms with Gasteiger partial charge < -0.3 is 10.6 Å². The Balaban J connectivity index is 0.00000180. The summed E-state index contributed by atoms with van der Waals surface area (Å²) in [5.41, 5.74) is 1.68. The average molecular weight is 373 g/mol. The van der Waals surface area contributed by atoms with Crippen LogP contribution in [-0.4, -0.2) is 19.0 Å². The van der Waals surface area contributed by atoms with Crippen molar-refractivity contribution in [1.29, 1.82) is 0 Å². The van der Waals surface area contributed by atoms with Crippen LogP contribution >= 0.6 is 24.0 Å². The zero-order valence-corrected chi connectivity index (χ0v) is 14.4. The molecule has 1 aromatic carbocycles. The fourth-order valence-corrected chi connectivity index (χ4v) is 2.08. The highest BCUT2D eigenvalue weighted by atomic mass is 127. The highest BCUT2D eigenvalue weighted by Gasteiger charge is 2.46. The molecule has 1 saturated carbocycles. The van der Waals surface area contributed by atoms with Gasteiger partial charge in [-0.1, -0.05) is 44.2 Å². The Hall–Kier alpha value is -0.780. The van der Waals surface area contributed by atoms with Gasteiger partial charge in [-0.2, -0.15) is 0 Å². The predicted octanol–water partition coefficient (Wildman–Crippen LogP) is 3.33. The van der Waals surface area contributed by atoms with Crippen LogP contribution in [0.25, 0.3) is 0 Å². The molecule has 0 saturated heterocycles. The highest BCUT2D eigenvalue weighted by molar-refractivity contribution is 14.0. The van der Waals surface area contributed by atoms with Gasteiger partial charge in [-0.05, 0) is 24.3 Å². The largest absolute Gasteiger partial charge is 0.353 e. The number of hydrogen-bond donors (Lipinski definition) is 2. The summed E-state index contributed by atoms with van der Waals surface area (Å²) in [5.74, 6) is 0.891. The maximum atomic E-state index is 4.29. The zero-order valence-electron chi connectivity index (χ0n) is 12.1. The predicted molar refractivity (Wildman–Crippen MR) is 92.1 cm³/mol. The molecular formula is C15H24IN3. The minimum atomic E-state index is 0. The molecule has 2 atom stereocenters. The van der Waals surface area contributed by atoms with Crippen molar-refractivity contribution in [2.24, 2.45) is 10.4 Å². The lowest BCUT2D eigenvalue weighted by Gasteiger charge is -2.19. The van der Waals surface area contributed by atoms with Gasteiger partial charge in [-0.15, -0.1) is 24.0 Å². The molecule has 0 radical (unpaired) electrons. The Labute approximate surface area is 133 Å². The van der Waals surface area contributed by atoms with Gasteiger partial charge in [0.1, 0.15) is 0 Å².